The van der Waals surface area contributed by atoms with Crippen molar-refractivity contribution >= 4 is 5.91 Å². The summed E-state index contributed by atoms with van der Waals surface area (Å²) in [6.07, 6.45) is 5.68. The lowest BCUT2D eigenvalue weighted by Crippen LogP contribution is -2.59. The first-order valence-electron chi connectivity index (χ1n) is 5.81. The molecule has 86 valence electrons. The Balaban J connectivity index is 1.75. The van der Waals surface area contributed by atoms with E-state index >= 15 is 0 Å². The van der Waals surface area contributed by atoms with Crippen LogP contribution in [0.4, 0.5) is 0 Å². The van der Waals surface area contributed by atoms with Crippen LogP contribution < -0.4 is 5.73 Å². The molecule has 4 nitrogen and oxygen atoms in total. The Morgan fingerprint density at radius 3 is 2.47 bits per heavy atom. The molecule has 1 spiro atoms. The quantitative estimate of drug-likeness (QED) is 0.697. The van der Waals surface area contributed by atoms with Crippen LogP contribution in [0.25, 0.3) is 0 Å². The third-order valence-corrected chi connectivity index (χ3v) is 3.79. The lowest BCUT2D eigenvalue weighted by Gasteiger charge is -2.53. The molecule has 0 aromatic carbocycles. The molecule has 2 fully saturated rings. The summed E-state index contributed by atoms with van der Waals surface area (Å²) in [5, 5.41) is 9.33. The Hall–Kier alpha value is -0.610. The normalized spacial score (nSPS) is 27.3. The molecule has 1 amide bonds. The first kappa shape index (κ1) is 10.9. The zero-order chi connectivity index (χ0) is 10.9. The van der Waals surface area contributed by atoms with Crippen LogP contribution in [0.5, 0.6) is 0 Å². The smallest absolute Gasteiger partial charge is 0.247 e. The van der Waals surface area contributed by atoms with Gasteiger partial charge in [-0.25, -0.2) is 0 Å². The van der Waals surface area contributed by atoms with Gasteiger partial charge >= 0.3 is 0 Å². The Kier molecular flexibility index (Phi) is 2.98. The highest BCUT2D eigenvalue weighted by Gasteiger charge is 2.43. The van der Waals surface area contributed by atoms with E-state index in [1.807, 2.05) is 0 Å². The molecule has 1 unspecified atom stereocenters. The molecule has 0 radical (unpaired) electrons. The van der Waals surface area contributed by atoms with Crippen LogP contribution in [0.3, 0.4) is 0 Å². The van der Waals surface area contributed by atoms with Gasteiger partial charge in [-0.2, -0.15) is 0 Å². The number of carbonyl (C=O) groups is 1. The summed E-state index contributed by atoms with van der Waals surface area (Å²) in [4.78, 5) is 12.8. The Morgan fingerprint density at radius 1 is 1.33 bits per heavy atom. The van der Waals surface area contributed by atoms with E-state index in [4.69, 9.17) is 5.73 Å². The van der Waals surface area contributed by atoms with E-state index < -0.39 is 12.0 Å². The summed E-state index contributed by atoms with van der Waals surface area (Å²) in [7, 11) is 0. The van der Waals surface area contributed by atoms with Crippen LogP contribution in [0.15, 0.2) is 0 Å². The average Bonchev–Trinajstić information content (AvgIpc) is 2.16. The summed E-state index contributed by atoms with van der Waals surface area (Å²) in [5.41, 5.74) is 5.53. The highest BCUT2D eigenvalue weighted by molar-refractivity contribution is 5.78. The summed E-state index contributed by atoms with van der Waals surface area (Å²) in [6.45, 7) is 2.49. The summed E-state index contributed by atoms with van der Waals surface area (Å²) in [5.74, 6) is -0.611. The van der Waals surface area contributed by atoms with Gasteiger partial charge in [-0.15, -0.1) is 0 Å². The summed E-state index contributed by atoms with van der Waals surface area (Å²) in [6, 6.07) is 0. The van der Waals surface area contributed by atoms with Crippen molar-refractivity contribution in [2.75, 3.05) is 19.6 Å². The molecule has 0 aromatic rings. The number of hydrogen-bond acceptors (Lipinski definition) is 3. The maximum Gasteiger partial charge on any atom is 0.247 e. The van der Waals surface area contributed by atoms with Crippen LogP contribution >= 0.6 is 0 Å². The van der Waals surface area contributed by atoms with Crippen molar-refractivity contribution in [2.24, 2.45) is 11.1 Å². The molecule has 2 rings (SSSR count). The van der Waals surface area contributed by atoms with Gasteiger partial charge in [-0.1, -0.05) is 19.3 Å². The predicted molar refractivity (Wildman–Crippen MR) is 57.2 cm³/mol. The van der Waals surface area contributed by atoms with Crippen LogP contribution in [0.1, 0.15) is 32.1 Å². The molecule has 3 N–H and O–H groups in total. The molecule has 1 aliphatic carbocycles. The number of nitrogens with two attached hydrogens (primary N) is 1. The van der Waals surface area contributed by atoms with Crippen molar-refractivity contribution in [1.82, 2.24) is 4.90 Å². The lowest BCUT2D eigenvalue weighted by atomic mass is 9.68. The highest BCUT2D eigenvalue weighted by Crippen LogP contribution is 2.43. The largest absolute Gasteiger partial charge is 0.382 e. The third-order valence-electron chi connectivity index (χ3n) is 3.79. The minimum absolute atomic E-state index is 0.414. The molecule has 1 heterocycles. The molecular formula is C11H20N2O2. The molecule has 4 heteroatoms. The number of hydrogen-bond donors (Lipinski definition) is 2. The number of likely N-dealkylation sites (tertiary alicyclic amines) is 1. The fraction of sp³-hybridized carbons (Fsp3) is 0.909. The van der Waals surface area contributed by atoms with Crippen LogP contribution in [0.2, 0.25) is 0 Å². The number of β-amino-alcohol motifs (C(OH)–C–C–N with tert-alkyl or cyclic N) is 1. The predicted octanol–water partition coefficient (Wildman–Crippen LogP) is 0.0987. The lowest BCUT2D eigenvalue weighted by molar-refractivity contribution is -0.129. The van der Waals surface area contributed by atoms with E-state index in [2.05, 4.69) is 4.90 Å². The number of primary amides is 1. The van der Waals surface area contributed by atoms with Crippen LogP contribution in [-0.4, -0.2) is 41.7 Å². The minimum Gasteiger partial charge on any atom is -0.382 e. The molecular weight excluding hydrogens is 192 g/mol. The van der Waals surface area contributed by atoms with E-state index in [0.717, 1.165) is 13.1 Å². The Morgan fingerprint density at radius 2 is 1.93 bits per heavy atom. The maximum atomic E-state index is 10.7. The van der Waals surface area contributed by atoms with Gasteiger partial charge in [-0.05, 0) is 18.3 Å². The Bertz CT molecular complexity index is 241. The molecule has 0 bridgehead atoms. The fourth-order valence-corrected chi connectivity index (χ4v) is 2.98. The Labute approximate surface area is 90.4 Å². The number of nitrogens with zero attached hydrogens (tertiary/aromatic N) is 1. The average molecular weight is 212 g/mol. The SMILES string of the molecule is NC(=O)C(O)CN1CC2(CCCCC2)C1. The van der Waals surface area contributed by atoms with E-state index in [1.54, 1.807) is 0 Å². The number of aliphatic hydroxyl groups is 1. The van der Waals surface area contributed by atoms with Gasteiger partial charge in [-0.3, -0.25) is 9.69 Å². The van der Waals surface area contributed by atoms with Gasteiger partial charge in [0.1, 0.15) is 6.10 Å². The standard InChI is InChI=1S/C11H20N2O2/c12-10(15)9(14)6-13-7-11(8-13)4-2-1-3-5-11/h9,14H,1-8H2,(H2,12,15). The molecule has 15 heavy (non-hydrogen) atoms. The molecule has 0 aromatic heterocycles. The van der Waals surface area contributed by atoms with Crippen molar-refractivity contribution in [3.8, 4) is 0 Å². The number of aliphatic hydroxyl groups excluding tert-OH is 1. The molecule has 1 saturated heterocycles. The van der Waals surface area contributed by atoms with Crippen LogP contribution in [0, 0.1) is 5.41 Å². The summed E-state index contributed by atoms with van der Waals surface area (Å²) >= 11 is 0. The number of carbonyl (C=O) groups excluding carboxylic acids is 1. The number of rotatable bonds is 3. The van der Waals surface area contributed by atoms with Gasteiger partial charge < -0.3 is 10.8 Å². The maximum absolute atomic E-state index is 10.7. The molecule has 2 aliphatic rings. The van der Waals surface area contributed by atoms with Gasteiger partial charge in [0.15, 0.2) is 0 Å². The van der Waals surface area contributed by atoms with Crippen molar-refractivity contribution in [3.63, 3.8) is 0 Å². The molecule has 1 atom stereocenters. The summed E-state index contributed by atoms with van der Waals surface area (Å²) < 4.78 is 0. The van der Waals surface area contributed by atoms with E-state index in [0.29, 0.717) is 12.0 Å². The third kappa shape index (κ3) is 2.32. The number of amides is 1. The zero-order valence-electron chi connectivity index (χ0n) is 9.11. The van der Waals surface area contributed by atoms with E-state index in [9.17, 15) is 9.90 Å². The van der Waals surface area contributed by atoms with Crippen LogP contribution in [-0.2, 0) is 4.79 Å². The van der Waals surface area contributed by atoms with Crippen molar-refractivity contribution in [2.45, 2.75) is 38.2 Å². The van der Waals surface area contributed by atoms with E-state index in [1.165, 1.54) is 32.1 Å². The van der Waals surface area contributed by atoms with E-state index in [-0.39, 0.29) is 0 Å². The van der Waals surface area contributed by atoms with Gasteiger partial charge in [0.25, 0.3) is 0 Å². The topological polar surface area (TPSA) is 66.6 Å². The first-order valence-corrected chi connectivity index (χ1v) is 5.81. The van der Waals surface area contributed by atoms with Crippen molar-refractivity contribution in [1.29, 1.82) is 0 Å². The van der Waals surface area contributed by atoms with Crippen molar-refractivity contribution < 1.29 is 9.90 Å². The first-order chi connectivity index (χ1) is 7.11. The minimum atomic E-state index is -0.994. The fourth-order valence-electron chi connectivity index (χ4n) is 2.98. The second-order valence-corrected chi connectivity index (χ2v) is 5.15. The second-order valence-electron chi connectivity index (χ2n) is 5.15. The molecule has 1 aliphatic heterocycles. The zero-order valence-corrected chi connectivity index (χ0v) is 9.11. The highest BCUT2D eigenvalue weighted by atomic mass is 16.3. The van der Waals surface area contributed by atoms with Gasteiger partial charge in [0.2, 0.25) is 5.91 Å². The van der Waals surface area contributed by atoms with Crippen molar-refractivity contribution in [3.05, 3.63) is 0 Å². The monoisotopic (exact) mass is 212 g/mol. The van der Waals surface area contributed by atoms with Gasteiger partial charge in [0.05, 0.1) is 0 Å². The van der Waals surface area contributed by atoms with Gasteiger partial charge in [0, 0.05) is 19.6 Å². The second kappa shape index (κ2) is 4.10. The molecule has 1 saturated carbocycles.